The van der Waals surface area contributed by atoms with Crippen LogP contribution in [-0.4, -0.2) is 46.8 Å². The molecular weight excluding hydrogens is 364 g/mol. The lowest BCUT2D eigenvalue weighted by molar-refractivity contribution is -0.123. The molecule has 0 aromatic carbocycles. The fraction of sp³-hybridized carbons (Fsp3) is 0.905. The van der Waals surface area contributed by atoms with E-state index in [2.05, 4.69) is 27.7 Å². The summed E-state index contributed by atoms with van der Waals surface area (Å²) >= 11 is 3.74. The van der Waals surface area contributed by atoms with Crippen LogP contribution in [0.3, 0.4) is 0 Å². The third-order valence-corrected chi connectivity index (χ3v) is 5.43. The van der Waals surface area contributed by atoms with E-state index in [1.807, 2.05) is 51.2 Å². The molecule has 0 saturated carbocycles. The zero-order chi connectivity index (χ0) is 19.8. The van der Waals surface area contributed by atoms with Crippen molar-refractivity contribution in [3.05, 3.63) is 0 Å². The van der Waals surface area contributed by atoms with E-state index in [1.165, 1.54) is 0 Å². The number of rotatable bonds is 13. The molecule has 0 aromatic rings. The fourth-order valence-electron chi connectivity index (χ4n) is 1.59. The summed E-state index contributed by atoms with van der Waals surface area (Å²) < 4.78 is 5.36. The molecule has 0 fully saturated rings. The highest BCUT2D eigenvalue weighted by Crippen LogP contribution is 2.12. The number of carbonyl (C=O) groups is 2. The summed E-state index contributed by atoms with van der Waals surface area (Å²) in [6, 6.07) is 0. The lowest BCUT2D eigenvalue weighted by Gasteiger charge is -2.06. The van der Waals surface area contributed by atoms with Gasteiger partial charge in [-0.15, -0.1) is 0 Å². The number of thioether (sulfide) groups is 2. The molecule has 158 valence electrons. The first-order chi connectivity index (χ1) is 11.6. The molecule has 0 radical (unpaired) electrons. The number of ether oxygens (including phenoxy) is 1. The van der Waals surface area contributed by atoms with Gasteiger partial charge in [0, 0.05) is 36.2 Å². The molecule has 0 heterocycles. The maximum atomic E-state index is 11.2. The van der Waals surface area contributed by atoms with Gasteiger partial charge in [0.1, 0.15) is 11.6 Å². The van der Waals surface area contributed by atoms with E-state index in [1.54, 1.807) is 0 Å². The van der Waals surface area contributed by atoms with Gasteiger partial charge in [0.2, 0.25) is 0 Å². The lowest BCUT2D eigenvalue weighted by atomic mass is 10.1. The normalized spacial score (nSPS) is 10.8. The predicted octanol–water partition coefficient (Wildman–Crippen LogP) is 6.14. The third kappa shape index (κ3) is 24.0. The van der Waals surface area contributed by atoms with E-state index in [9.17, 15) is 9.59 Å². The summed E-state index contributed by atoms with van der Waals surface area (Å²) in [5.74, 6) is 3.04. The van der Waals surface area contributed by atoms with Gasteiger partial charge in [-0.05, 0) is 10.5 Å². The van der Waals surface area contributed by atoms with Crippen LogP contribution in [0.4, 0.5) is 0 Å². The first-order valence-corrected chi connectivity index (χ1v) is 11.5. The summed E-state index contributed by atoms with van der Waals surface area (Å²) in [5.41, 5.74) is 0. The summed E-state index contributed by atoms with van der Waals surface area (Å²) in [6.07, 6.45) is 1.30. The van der Waals surface area contributed by atoms with Crippen molar-refractivity contribution < 1.29 is 14.3 Å². The summed E-state index contributed by atoms with van der Waals surface area (Å²) in [4.78, 5) is 22.3. The van der Waals surface area contributed by atoms with Crippen molar-refractivity contribution >= 4 is 35.1 Å². The SMILES string of the molecule is C.CC(C)SCCC(=O)C(C)C.CC(C)SCCOCCC(=O)C(C)C. The Morgan fingerprint density at radius 2 is 1.12 bits per heavy atom. The number of carbonyl (C=O) groups excluding carboxylic acids is 2. The van der Waals surface area contributed by atoms with Crippen molar-refractivity contribution in [2.24, 2.45) is 11.8 Å². The second-order valence-electron chi connectivity index (χ2n) is 7.19. The van der Waals surface area contributed by atoms with E-state index in [-0.39, 0.29) is 19.3 Å². The van der Waals surface area contributed by atoms with Crippen LogP contribution in [0.25, 0.3) is 0 Å². The zero-order valence-electron chi connectivity index (χ0n) is 17.6. The molecule has 0 saturated heterocycles. The van der Waals surface area contributed by atoms with Gasteiger partial charge < -0.3 is 4.74 Å². The number of hydrogen-bond acceptors (Lipinski definition) is 5. The molecule has 0 amide bonds. The molecular formula is C21H44O3S2. The number of hydrogen-bond donors (Lipinski definition) is 0. The highest BCUT2D eigenvalue weighted by molar-refractivity contribution is 8.00. The standard InChI is InChI=1S/C11H22O2S.C9H18OS.CH4/c1-9(2)11(12)5-6-13-7-8-14-10(3)4;1-7(2)9(10)5-6-11-8(3)4;/h9-10H,5-8H2,1-4H3;7-8H,5-6H2,1-4H3;1H4. The van der Waals surface area contributed by atoms with Crippen molar-refractivity contribution in [2.45, 2.75) is 86.2 Å². The first kappa shape index (κ1) is 30.7. The molecule has 0 unspecified atom stereocenters. The van der Waals surface area contributed by atoms with E-state index in [4.69, 9.17) is 4.74 Å². The van der Waals surface area contributed by atoms with Crippen molar-refractivity contribution in [3.8, 4) is 0 Å². The van der Waals surface area contributed by atoms with Gasteiger partial charge in [-0.2, -0.15) is 23.5 Å². The third-order valence-electron chi connectivity index (χ3n) is 3.26. The molecule has 0 aromatic heterocycles. The van der Waals surface area contributed by atoms with Crippen LogP contribution in [-0.2, 0) is 14.3 Å². The highest BCUT2D eigenvalue weighted by atomic mass is 32.2. The fourth-order valence-corrected chi connectivity index (χ4v) is 3.07. The second kappa shape index (κ2) is 19.8. The second-order valence-corrected chi connectivity index (χ2v) is 10.6. The number of Topliss-reactive ketones (excluding diaryl/α,β-unsaturated/α-hetero) is 2. The first-order valence-electron chi connectivity index (χ1n) is 9.44. The highest BCUT2D eigenvalue weighted by Gasteiger charge is 2.07. The van der Waals surface area contributed by atoms with Crippen molar-refractivity contribution in [2.75, 3.05) is 24.7 Å². The van der Waals surface area contributed by atoms with E-state index in [0.717, 1.165) is 24.5 Å². The molecule has 5 heteroatoms. The van der Waals surface area contributed by atoms with Crippen molar-refractivity contribution in [1.82, 2.24) is 0 Å². The van der Waals surface area contributed by atoms with Gasteiger partial charge in [0.05, 0.1) is 13.2 Å². The Kier molecular flexibility index (Phi) is 23.3. The maximum absolute atomic E-state index is 11.2. The smallest absolute Gasteiger partial charge is 0.137 e. The predicted molar refractivity (Wildman–Crippen MR) is 122 cm³/mol. The van der Waals surface area contributed by atoms with Gasteiger partial charge in [-0.1, -0.05) is 62.8 Å². The Balaban J connectivity index is -0.000000402. The minimum Gasteiger partial charge on any atom is -0.380 e. The molecule has 0 rings (SSSR count). The number of ketones is 2. The average Bonchev–Trinajstić information content (AvgIpc) is 2.50. The molecule has 0 atom stereocenters. The summed E-state index contributed by atoms with van der Waals surface area (Å²) in [5, 5.41) is 1.31. The molecule has 0 N–H and O–H groups in total. The Morgan fingerprint density at radius 3 is 1.54 bits per heavy atom. The van der Waals surface area contributed by atoms with E-state index < -0.39 is 0 Å². The largest absolute Gasteiger partial charge is 0.380 e. The van der Waals surface area contributed by atoms with Gasteiger partial charge in [0.15, 0.2) is 0 Å². The Bertz CT molecular complexity index is 340. The van der Waals surface area contributed by atoms with Crippen LogP contribution < -0.4 is 0 Å². The molecule has 0 aliphatic carbocycles. The van der Waals surface area contributed by atoms with Crippen molar-refractivity contribution in [1.29, 1.82) is 0 Å². The lowest BCUT2D eigenvalue weighted by Crippen LogP contribution is -2.11. The molecule has 0 bridgehead atoms. The monoisotopic (exact) mass is 408 g/mol. The quantitative estimate of drug-likeness (QED) is 0.342. The van der Waals surface area contributed by atoms with Crippen LogP contribution in [0.5, 0.6) is 0 Å². The summed E-state index contributed by atoms with van der Waals surface area (Å²) in [6.45, 7) is 17.8. The maximum Gasteiger partial charge on any atom is 0.137 e. The van der Waals surface area contributed by atoms with Crippen LogP contribution >= 0.6 is 23.5 Å². The van der Waals surface area contributed by atoms with E-state index in [0.29, 0.717) is 35.1 Å². The van der Waals surface area contributed by atoms with Crippen molar-refractivity contribution in [3.63, 3.8) is 0 Å². The van der Waals surface area contributed by atoms with Gasteiger partial charge in [-0.3, -0.25) is 9.59 Å². The molecule has 3 nitrogen and oxygen atoms in total. The molecule has 0 spiro atoms. The van der Waals surface area contributed by atoms with E-state index >= 15 is 0 Å². The Hall–Kier alpha value is -0.0000000000000000555. The summed E-state index contributed by atoms with van der Waals surface area (Å²) in [7, 11) is 0. The topological polar surface area (TPSA) is 43.4 Å². The van der Waals surface area contributed by atoms with Crippen LogP contribution in [0.15, 0.2) is 0 Å². The minimum atomic E-state index is 0. The van der Waals surface area contributed by atoms with Crippen LogP contribution in [0, 0.1) is 11.8 Å². The molecule has 0 aliphatic heterocycles. The minimum absolute atomic E-state index is 0. The Morgan fingerprint density at radius 1 is 0.692 bits per heavy atom. The van der Waals surface area contributed by atoms with Gasteiger partial charge in [0.25, 0.3) is 0 Å². The Labute approximate surface area is 172 Å². The molecule has 0 aliphatic rings. The van der Waals surface area contributed by atoms with Crippen LogP contribution in [0.2, 0.25) is 0 Å². The van der Waals surface area contributed by atoms with Gasteiger partial charge >= 0.3 is 0 Å². The zero-order valence-corrected chi connectivity index (χ0v) is 19.2. The average molecular weight is 409 g/mol. The molecule has 26 heavy (non-hydrogen) atoms. The van der Waals surface area contributed by atoms with Gasteiger partial charge in [-0.25, -0.2) is 0 Å². The van der Waals surface area contributed by atoms with Crippen LogP contribution in [0.1, 0.15) is 75.7 Å².